The van der Waals surface area contributed by atoms with Gasteiger partial charge in [-0.3, -0.25) is 9.59 Å². The van der Waals surface area contributed by atoms with Crippen LogP contribution in [-0.2, 0) is 19.1 Å². The van der Waals surface area contributed by atoms with Crippen LogP contribution in [-0.4, -0.2) is 40.2 Å². The molecule has 4 aliphatic rings. The average molecular weight is 485 g/mol. The first-order valence-electron chi connectivity index (χ1n) is 11.7. The summed E-state index contributed by atoms with van der Waals surface area (Å²) in [7, 11) is 0. The first-order chi connectivity index (χ1) is 14.1. The monoisotopic (exact) mass is 484 g/mol. The molecule has 4 rings (SSSR count). The van der Waals surface area contributed by atoms with Gasteiger partial charge in [0.1, 0.15) is 12.2 Å². The molecule has 0 saturated heterocycles. The number of aliphatic hydroxyl groups is 1. The number of carbonyl (C=O) groups is 2. The van der Waals surface area contributed by atoms with Crippen molar-refractivity contribution in [2.45, 2.75) is 95.6 Å². The predicted molar refractivity (Wildman–Crippen MR) is 117 cm³/mol. The zero-order valence-corrected chi connectivity index (χ0v) is 20.4. The third-order valence-electron chi connectivity index (χ3n) is 9.65. The summed E-state index contributed by atoms with van der Waals surface area (Å²) in [6.45, 7) is 7.81. The Balaban J connectivity index is 1.64. The summed E-state index contributed by atoms with van der Waals surface area (Å²) in [4.78, 5) is 23.3. The van der Waals surface area contributed by atoms with E-state index in [9.17, 15) is 14.7 Å². The van der Waals surface area contributed by atoms with Crippen molar-refractivity contribution in [1.29, 1.82) is 0 Å². The second-order valence-corrected chi connectivity index (χ2v) is 12.3. The molecule has 0 spiro atoms. The average Bonchev–Trinajstić information content (AvgIpc) is 2.98. The lowest BCUT2D eigenvalue weighted by Gasteiger charge is -2.66. The molecule has 0 amide bonds. The van der Waals surface area contributed by atoms with Gasteiger partial charge in [0.2, 0.25) is 0 Å². The van der Waals surface area contributed by atoms with Crippen LogP contribution >= 0.6 is 15.9 Å². The summed E-state index contributed by atoms with van der Waals surface area (Å²) in [5.74, 6) is 1.52. The van der Waals surface area contributed by atoms with Gasteiger partial charge in [0.15, 0.2) is 0 Å². The molecule has 1 N–H and O–H groups in total. The van der Waals surface area contributed by atoms with E-state index >= 15 is 0 Å². The van der Waals surface area contributed by atoms with Crippen LogP contribution in [0, 0.1) is 34.5 Å². The summed E-state index contributed by atoms with van der Waals surface area (Å²) in [6, 6.07) is 0. The van der Waals surface area contributed by atoms with E-state index in [0.717, 1.165) is 51.4 Å². The predicted octanol–water partition coefficient (Wildman–Crippen LogP) is 4.63. The summed E-state index contributed by atoms with van der Waals surface area (Å²) in [5.41, 5.74) is -0.142. The Morgan fingerprint density at radius 2 is 1.73 bits per heavy atom. The fourth-order valence-corrected chi connectivity index (χ4v) is 9.52. The molecule has 0 aromatic heterocycles. The minimum Gasteiger partial charge on any atom is -0.463 e. The molecule has 4 aliphatic carbocycles. The van der Waals surface area contributed by atoms with Crippen molar-refractivity contribution in [2.75, 3.05) is 6.61 Å². The van der Waals surface area contributed by atoms with Gasteiger partial charge in [0.05, 0.1) is 6.61 Å². The molecule has 0 radical (unpaired) electrons. The number of fused-ring (bicyclic) bond motifs is 5. The van der Waals surface area contributed by atoms with E-state index in [1.54, 1.807) is 0 Å². The van der Waals surface area contributed by atoms with E-state index in [4.69, 9.17) is 9.47 Å². The van der Waals surface area contributed by atoms with Crippen LogP contribution in [0.1, 0.15) is 79.1 Å². The van der Waals surface area contributed by atoms with Gasteiger partial charge in [-0.25, -0.2) is 0 Å². The lowest BCUT2D eigenvalue weighted by Crippen LogP contribution is -2.66. The Morgan fingerprint density at radius 3 is 2.37 bits per heavy atom. The molecule has 4 fully saturated rings. The quantitative estimate of drug-likeness (QED) is 0.466. The fourth-order valence-electron chi connectivity index (χ4n) is 8.35. The molecule has 6 heteroatoms. The van der Waals surface area contributed by atoms with Crippen LogP contribution in [0.15, 0.2) is 0 Å². The van der Waals surface area contributed by atoms with Gasteiger partial charge in [0, 0.05) is 35.4 Å². The maximum absolute atomic E-state index is 11.7. The Kier molecular flexibility index (Phi) is 5.83. The van der Waals surface area contributed by atoms with E-state index in [0.29, 0.717) is 23.7 Å². The van der Waals surface area contributed by atoms with Gasteiger partial charge in [-0.1, -0.05) is 29.8 Å². The van der Waals surface area contributed by atoms with Crippen LogP contribution in [0.2, 0.25) is 0 Å². The van der Waals surface area contributed by atoms with Crippen LogP contribution in [0.4, 0.5) is 0 Å². The molecule has 170 valence electrons. The van der Waals surface area contributed by atoms with Crippen LogP contribution in [0.25, 0.3) is 0 Å². The van der Waals surface area contributed by atoms with Gasteiger partial charge in [0.25, 0.3) is 0 Å². The third kappa shape index (κ3) is 3.18. The molecule has 9 atom stereocenters. The Labute approximate surface area is 188 Å². The lowest BCUT2D eigenvalue weighted by molar-refractivity contribution is -0.177. The third-order valence-corrected chi connectivity index (χ3v) is 11.5. The van der Waals surface area contributed by atoms with Crippen LogP contribution in [0.3, 0.4) is 0 Å². The smallest absolute Gasteiger partial charge is 0.302 e. The van der Waals surface area contributed by atoms with Crippen molar-refractivity contribution in [3.05, 3.63) is 0 Å². The molecule has 0 unspecified atom stereocenters. The second-order valence-electron chi connectivity index (χ2n) is 10.9. The standard InChI is InChI=1S/C24H37BrO5/c1-14-11-18-19-5-6-21(30-16(3)28)22(19,4)9-8-20(18)23(13-26)10-7-17(29-15(2)27)12-24(14,23)25/h14,17-21,26H,5-13H2,1-4H3/t14-,17+,18+,19+,20+,21+,22+,23+,24+/m1/s1. The number of hydrogen-bond acceptors (Lipinski definition) is 5. The van der Waals surface area contributed by atoms with Crippen molar-refractivity contribution in [3.63, 3.8) is 0 Å². The van der Waals surface area contributed by atoms with Crippen molar-refractivity contribution < 1.29 is 24.2 Å². The first kappa shape index (κ1) is 22.6. The zero-order chi connectivity index (χ0) is 21.9. The molecule has 0 aromatic rings. The van der Waals surface area contributed by atoms with E-state index in [1.807, 2.05) is 0 Å². The van der Waals surface area contributed by atoms with Gasteiger partial charge >= 0.3 is 11.9 Å². The lowest BCUT2D eigenvalue weighted by atomic mass is 9.42. The number of esters is 2. The molecule has 4 saturated carbocycles. The number of carbonyl (C=O) groups excluding carboxylic acids is 2. The van der Waals surface area contributed by atoms with Gasteiger partial charge < -0.3 is 14.6 Å². The normalized spacial score (nSPS) is 50.1. The number of hydrogen-bond donors (Lipinski definition) is 1. The van der Waals surface area contributed by atoms with Crippen molar-refractivity contribution in [2.24, 2.45) is 34.5 Å². The van der Waals surface area contributed by atoms with E-state index in [1.165, 1.54) is 13.8 Å². The number of aliphatic hydroxyl groups excluding tert-OH is 1. The zero-order valence-electron chi connectivity index (χ0n) is 18.8. The highest BCUT2D eigenvalue weighted by molar-refractivity contribution is 9.10. The van der Waals surface area contributed by atoms with Gasteiger partial charge in [-0.2, -0.15) is 0 Å². The summed E-state index contributed by atoms with van der Waals surface area (Å²) in [6.07, 6.45) is 7.71. The number of halogens is 1. The van der Waals surface area contributed by atoms with Crippen LogP contribution in [0.5, 0.6) is 0 Å². The number of alkyl halides is 1. The molecule has 5 nitrogen and oxygen atoms in total. The van der Waals surface area contributed by atoms with E-state index in [2.05, 4.69) is 29.8 Å². The maximum Gasteiger partial charge on any atom is 0.302 e. The van der Waals surface area contributed by atoms with Crippen LogP contribution < -0.4 is 0 Å². The van der Waals surface area contributed by atoms with Gasteiger partial charge in [-0.05, 0) is 68.6 Å². The molecule has 0 bridgehead atoms. The van der Waals surface area contributed by atoms with Crippen molar-refractivity contribution in [1.82, 2.24) is 0 Å². The highest BCUT2D eigenvalue weighted by Crippen LogP contribution is 2.70. The maximum atomic E-state index is 11.7. The Morgan fingerprint density at radius 1 is 1.03 bits per heavy atom. The topological polar surface area (TPSA) is 72.8 Å². The molecule has 30 heavy (non-hydrogen) atoms. The number of rotatable bonds is 3. The molecular weight excluding hydrogens is 448 g/mol. The number of ether oxygens (including phenoxy) is 2. The largest absolute Gasteiger partial charge is 0.463 e. The Bertz CT molecular complexity index is 712. The molecular formula is C24H37BrO5. The molecule has 0 aliphatic heterocycles. The minimum atomic E-state index is -0.218. The van der Waals surface area contributed by atoms with E-state index in [-0.39, 0.29) is 45.9 Å². The minimum absolute atomic E-state index is 0.0247. The first-order valence-corrected chi connectivity index (χ1v) is 12.5. The highest BCUT2D eigenvalue weighted by atomic mass is 79.9. The summed E-state index contributed by atoms with van der Waals surface area (Å²) in [5, 5.41) is 10.8. The fraction of sp³-hybridized carbons (Fsp3) is 0.917. The van der Waals surface area contributed by atoms with Crippen molar-refractivity contribution in [3.8, 4) is 0 Å². The van der Waals surface area contributed by atoms with Gasteiger partial charge in [-0.15, -0.1) is 0 Å². The van der Waals surface area contributed by atoms with E-state index < -0.39 is 0 Å². The SMILES string of the molecule is CC(=O)O[C@H]1CC[C@]2(CO)[C@H]3CC[C@]4(C)[C@@H](OC(C)=O)CC[C@H]4[C@@H]3C[C@@H](C)[C@@]2(Br)C1. The van der Waals surface area contributed by atoms with Crippen molar-refractivity contribution >= 4 is 27.9 Å². The highest BCUT2D eigenvalue weighted by Gasteiger charge is 2.68. The second kappa shape index (κ2) is 7.75. The summed E-state index contributed by atoms with van der Waals surface area (Å²) < 4.78 is 11.2. The molecule has 0 heterocycles. The Hall–Kier alpha value is -0.620. The summed E-state index contributed by atoms with van der Waals surface area (Å²) >= 11 is 4.16. The molecule has 0 aromatic carbocycles.